The highest BCUT2D eigenvalue weighted by Gasteiger charge is 2.61. The van der Waals surface area contributed by atoms with Gasteiger partial charge >= 0.3 is 5.97 Å². The van der Waals surface area contributed by atoms with Gasteiger partial charge in [0.15, 0.2) is 0 Å². The van der Waals surface area contributed by atoms with Crippen molar-refractivity contribution >= 4 is 5.97 Å². The zero-order valence-corrected chi connectivity index (χ0v) is 25.0. The van der Waals surface area contributed by atoms with Crippen molar-refractivity contribution in [3.63, 3.8) is 0 Å². The Hall–Kier alpha value is -1.35. The summed E-state index contributed by atoms with van der Waals surface area (Å²) in [6.45, 7) is 12.5. The van der Waals surface area contributed by atoms with E-state index >= 15 is 0 Å². The number of esters is 1. The van der Waals surface area contributed by atoms with Crippen LogP contribution >= 0.6 is 0 Å². The molecule has 0 bridgehead atoms. The number of carbonyl (C=O) groups excluding carboxylic acids is 1. The Labute approximate surface area is 232 Å². The number of benzene rings is 1. The number of carbonyl (C=O) groups is 1. The molecule has 4 saturated carbocycles. The molecule has 5 rings (SSSR count). The van der Waals surface area contributed by atoms with Gasteiger partial charge in [0.2, 0.25) is 0 Å². The van der Waals surface area contributed by atoms with E-state index in [2.05, 4.69) is 34.6 Å². The number of fused-ring (bicyclic) bond motifs is 5. The van der Waals surface area contributed by atoms with Gasteiger partial charge in [-0.2, -0.15) is 0 Å². The second-order valence-corrected chi connectivity index (χ2v) is 14.9. The Morgan fingerprint density at radius 2 is 1.68 bits per heavy atom. The van der Waals surface area contributed by atoms with Gasteiger partial charge in [0, 0.05) is 5.92 Å². The molecule has 0 aliphatic heterocycles. The van der Waals surface area contributed by atoms with Crippen LogP contribution in [0.2, 0.25) is 0 Å². The zero-order chi connectivity index (χ0) is 27.2. The van der Waals surface area contributed by atoms with Crippen molar-refractivity contribution in [1.29, 1.82) is 0 Å². The minimum atomic E-state index is -0.301. The molecular formula is C35H54O3. The number of aliphatic hydroxyl groups is 1. The molecule has 0 unspecified atom stereocenters. The molecule has 0 radical (unpaired) electrons. The van der Waals surface area contributed by atoms with Crippen LogP contribution in [0.5, 0.6) is 0 Å². The highest BCUT2D eigenvalue weighted by atomic mass is 16.5. The largest absolute Gasteiger partial charge is 0.465 e. The molecule has 0 heterocycles. The summed E-state index contributed by atoms with van der Waals surface area (Å²) in [5.74, 6) is 5.66. The van der Waals surface area contributed by atoms with Crippen LogP contribution in [-0.2, 0) is 4.74 Å². The molecule has 212 valence electrons. The predicted octanol–water partition coefficient (Wildman–Crippen LogP) is 8.65. The van der Waals surface area contributed by atoms with Gasteiger partial charge in [-0.05, 0) is 121 Å². The van der Waals surface area contributed by atoms with Crippen LogP contribution in [0.1, 0.15) is 127 Å². The van der Waals surface area contributed by atoms with Gasteiger partial charge in [0.1, 0.15) is 0 Å². The molecule has 1 N–H and O–H groups in total. The molecule has 4 aliphatic rings. The molecule has 0 spiro atoms. The van der Waals surface area contributed by atoms with E-state index in [1.54, 1.807) is 0 Å². The van der Waals surface area contributed by atoms with E-state index in [1.807, 2.05) is 24.3 Å². The van der Waals surface area contributed by atoms with Crippen molar-refractivity contribution in [2.75, 3.05) is 7.11 Å². The topological polar surface area (TPSA) is 46.5 Å². The minimum absolute atomic E-state index is 0.174. The van der Waals surface area contributed by atoms with Gasteiger partial charge in [-0.1, -0.05) is 66.0 Å². The van der Waals surface area contributed by atoms with Crippen LogP contribution in [0.3, 0.4) is 0 Å². The number of hydrogen-bond acceptors (Lipinski definition) is 3. The first kappa shape index (κ1) is 28.2. The SMILES string of the molecule is COC(=O)c1ccc([C@H]2C[C@@H]3CC[C@@H]4[C@H](CC[C@]5(C)[C@@H]([C@H](C)CCCC(C)C)CC[C@@H]45)[C@@]3(C)C[C@H]2O)cc1. The lowest BCUT2D eigenvalue weighted by molar-refractivity contribution is -0.137. The van der Waals surface area contributed by atoms with Crippen LogP contribution in [0.25, 0.3) is 0 Å². The van der Waals surface area contributed by atoms with Crippen LogP contribution in [0.15, 0.2) is 24.3 Å². The third-order valence-electron chi connectivity index (χ3n) is 12.7. The Kier molecular flexibility index (Phi) is 8.09. The molecular weight excluding hydrogens is 468 g/mol. The monoisotopic (exact) mass is 522 g/mol. The lowest BCUT2D eigenvalue weighted by Gasteiger charge is -2.62. The van der Waals surface area contributed by atoms with Crippen molar-refractivity contribution in [2.45, 2.75) is 117 Å². The van der Waals surface area contributed by atoms with Gasteiger partial charge in [-0.3, -0.25) is 0 Å². The van der Waals surface area contributed by atoms with Gasteiger partial charge in [-0.15, -0.1) is 0 Å². The average Bonchev–Trinajstić information content (AvgIpc) is 3.25. The smallest absolute Gasteiger partial charge is 0.337 e. The van der Waals surface area contributed by atoms with Gasteiger partial charge in [0.25, 0.3) is 0 Å². The number of ether oxygens (including phenoxy) is 1. The first-order valence-corrected chi connectivity index (χ1v) is 15.9. The second-order valence-electron chi connectivity index (χ2n) is 14.9. The zero-order valence-electron chi connectivity index (χ0n) is 25.0. The van der Waals surface area contributed by atoms with Gasteiger partial charge in [0.05, 0.1) is 18.8 Å². The Morgan fingerprint density at radius 3 is 2.37 bits per heavy atom. The van der Waals surface area contributed by atoms with Gasteiger partial charge in [-0.25, -0.2) is 4.79 Å². The third-order valence-corrected chi connectivity index (χ3v) is 12.7. The molecule has 3 heteroatoms. The maximum atomic E-state index is 11.9. The maximum Gasteiger partial charge on any atom is 0.337 e. The van der Waals surface area contributed by atoms with E-state index in [0.717, 1.165) is 48.3 Å². The summed E-state index contributed by atoms with van der Waals surface area (Å²) in [4.78, 5) is 11.9. The van der Waals surface area contributed by atoms with E-state index in [9.17, 15) is 9.90 Å². The summed E-state index contributed by atoms with van der Waals surface area (Å²) >= 11 is 0. The van der Waals surface area contributed by atoms with Crippen LogP contribution in [-0.4, -0.2) is 24.3 Å². The fourth-order valence-corrected chi connectivity index (χ4v) is 10.7. The van der Waals surface area contributed by atoms with Crippen LogP contribution < -0.4 is 0 Å². The first-order valence-electron chi connectivity index (χ1n) is 15.9. The van der Waals surface area contributed by atoms with Crippen molar-refractivity contribution in [1.82, 2.24) is 0 Å². The van der Waals surface area contributed by atoms with Crippen molar-refractivity contribution in [3.8, 4) is 0 Å². The van der Waals surface area contributed by atoms with Crippen LogP contribution in [0, 0.1) is 52.3 Å². The van der Waals surface area contributed by atoms with E-state index in [4.69, 9.17) is 4.74 Å². The minimum Gasteiger partial charge on any atom is -0.465 e. The molecule has 10 atom stereocenters. The third kappa shape index (κ3) is 4.88. The number of rotatable bonds is 7. The fraction of sp³-hybridized carbons (Fsp3) is 0.800. The number of aliphatic hydroxyl groups excluding tert-OH is 1. The highest BCUT2D eigenvalue weighted by Crippen LogP contribution is 2.69. The lowest BCUT2D eigenvalue weighted by Crippen LogP contribution is -2.55. The Balaban J connectivity index is 1.28. The average molecular weight is 523 g/mol. The van der Waals surface area contributed by atoms with E-state index < -0.39 is 0 Å². The molecule has 3 nitrogen and oxygen atoms in total. The summed E-state index contributed by atoms with van der Waals surface area (Å²) < 4.78 is 4.87. The molecule has 1 aromatic carbocycles. The van der Waals surface area contributed by atoms with Crippen molar-refractivity contribution < 1.29 is 14.6 Å². The maximum absolute atomic E-state index is 11.9. The summed E-state index contributed by atoms with van der Waals surface area (Å²) in [6.07, 6.45) is 14.3. The highest BCUT2D eigenvalue weighted by molar-refractivity contribution is 5.89. The molecule has 1 aromatic rings. The standard InChI is InChI=1S/C35H54O3/c1-22(2)8-7-9-23(3)29-16-17-30-27-15-14-26-20-28(24-10-12-25(13-11-24)33(37)38-6)32(36)21-35(26,5)31(27)18-19-34(29,30)4/h10-13,22-23,26-32,36H,7-9,14-21H2,1-6H3/t23-,26+,27+,28-,29-,30+,31+,32-,34-,35+/m1/s1. The van der Waals surface area contributed by atoms with Crippen molar-refractivity contribution in [2.24, 2.45) is 52.3 Å². The molecule has 0 amide bonds. The Bertz CT molecular complexity index is 968. The van der Waals surface area contributed by atoms with E-state index in [1.165, 1.54) is 70.5 Å². The number of methoxy groups -OCH3 is 1. The van der Waals surface area contributed by atoms with Crippen molar-refractivity contribution in [3.05, 3.63) is 35.4 Å². The van der Waals surface area contributed by atoms with E-state index in [0.29, 0.717) is 16.9 Å². The molecule has 4 aliphatic carbocycles. The predicted molar refractivity (Wildman–Crippen MR) is 155 cm³/mol. The Morgan fingerprint density at radius 1 is 0.974 bits per heavy atom. The summed E-state index contributed by atoms with van der Waals surface area (Å²) in [7, 11) is 1.42. The molecule has 0 saturated heterocycles. The summed E-state index contributed by atoms with van der Waals surface area (Å²) in [5.41, 5.74) is 2.54. The molecule has 4 fully saturated rings. The summed E-state index contributed by atoms with van der Waals surface area (Å²) in [5, 5.41) is 11.5. The molecule has 0 aromatic heterocycles. The summed E-state index contributed by atoms with van der Waals surface area (Å²) in [6, 6.07) is 7.81. The van der Waals surface area contributed by atoms with E-state index in [-0.39, 0.29) is 23.4 Å². The first-order chi connectivity index (χ1) is 18.1. The van der Waals surface area contributed by atoms with Gasteiger partial charge < -0.3 is 9.84 Å². The molecule has 38 heavy (non-hydrogen) atoms. The normalized spacial score (nSPS) is 41.2. The lowest BCUT2D eigenvalue weighted by atomic mass is 9.43. The van der Waals surface area contributed by atoms with Crippen LogP contribution in [0.4, 0.5) is 0 Å². The second kappa shape index (κ2) is 10.9. The quantitative estimate of drug-likeness (QED) is 0.364. The number of hydrogen-bond donors (Lipinski definition) is 1. The fourth-order valence-electron chi connectivity index (χ4n) is 10.7.